The van der Waals surface area contributed by atoms with E-state index in [0.717, 1.165) is 35.4 Å². The number of hydrogen-bond acceptors (Lipinski definition) is 5. The van der Waals surface area contributed by atoms with E-state index in [9.17, 15) is 10.1 Å². The van der Waals surface area contributed by atoms with Crippen LogP contribution >= 0.6 is 0 Å². The second-order valence-electron chi connectivity index (χ2n) is 9.71. The number of hydrogen-bond donors (Lipinski definition) is 1. The van der Waals surface area contributed by atoms with Gasteiger partial charge in [0.2, 0.25) is 0 Å². The third kappa shape index (κ3) is 4.65. The Morgan fingerprint density at radius 2 is 1.97 bits per heavy atom. The molecule has 0 spiro atoms. The number of rotatable bonds is 6. The number of methoxy groups -OCH3 is 1. The van der Waals surface area contributed by atoms with Crippen molar-refractivity contribution in [1.82, 2.24) is 10.3 Å². The van der Waals surface area contributed by atoms with Crippen molar-refractivity contribution in [2.45, 2.75) is 50.2 Å². The van der Waals surface area contributed by atoms with E-state index < -0.39 is 5.41 Å². The van der Waals surface area contributed by atoms with Crippen molar-refractivity contribution in [2.24, 2.45) is 0 Å². The van der Waals surface area contributed by atoms with Gasteiger partial charge in [0.15, 0.2) is 0 Å². The quantitative estimate of drug-likeness (QED) is 0.552. The first-order chi connectivity index (χ1) is 17.0. The Morgan fingerprint density at radius 1 is 1.17 bits per heavy atom. The Morgan fingerprint density at radius 3 is 2.74 bits per heavy atom. The average Bonchev–Trinajstić information content (AvgIpc) is 2.87. The molecule has 2 aliphatic rings. The van der Waals surface area contributed by atoms with Gasteiger partial charge in [0, 0.05) is 11.8 Å². The van der Waals surface area contributed by atoms with Crippen molar-refractivity contribution in [3.63, 3.8) is 0 Å². The van der Waals surface area contributed by atoms with Gasteiger partial charge in [-0.2, -0.15) is 5.26 Å². The molecule has 0 radical (unpaired) electrons. The second kappa shape index (κ2) is 9.52. The van der Waals surface area contributed by atoms with Crippen LogP contribution < -0.4 is 10.1 Å². The molecule has 1 N–H and O–H groups in total. The topological polar surface area (TPSA) is 84.2 Å². The monoisotopic (exact) mass is 467 g/mol. The van der Waals surface area contributed by atoms with Crippen LogP contribution in [-0.2, 0) is 23.3 Å². The van der Waals surface area contributed by atoms with E-state index in [1.807, 2.05) is 37.4 Å². The second-order valence-corrected chi connectivity index (χ2v) is 9.71. The molecule has 0 unspecified atom stereocenters. The third-order valence-electron chi connectivity index (χ3n) is 7.31. The summed E-state index contributed by atoms with van der Waals surface area (Å²) < 4.78 is 10.9. The summed E-state index contributed by atoms with van der Waals surface area (Å²) >= 11 is 0. The number of nitrogens with one attached hydrogen (secondary N) is 1. The number of carbonyl (C=O) groups excluding carboxylic acids is 1. The van der Waals surface area contributed by atoms with Gasteiger partial charge in [-0.25, -0.2) is 0 Å². The van der Waals surface area contributed by atoms with Crippen LogP contribution in [-0.4, -0.2) is 24.6 Å². The Balaban J connectivity index is 1.21. The zero-order valence-corrected chi connectivity index (χ0v) is 20.1. The maximum Gasteiger partial charge on any atom is 0.251 e. The molecule has 35 heavy (non-hydrogen) atoms. The van der Waals surface area contributed by atoms with Gasteiger partial charge < -0.3 is 14.8 Å². The van der Waals surface area contributed by atoms with Crippen molar-refractivity contribution >= 4 is 5.91 Å². The Hall–Kier alpha value is -3.69. The number of nitrogens with zero attached hydrogens (tertiary/aromatic N) is 2. The molecule has 1 aliphatic carbocycles. The van der Waals surface area contributed by atoms with E-state index in [4.69, 9.17) is 9.47 Å². The number of benzene rings is 2. The summed E-state index contributed by atoms with van der Waals surface area (Å²) in [5.74, 6) is 1.76. The smallest absolute Gasteiger partial charge is 0.251 e. The number of aromatic nitrogens is 1. The third-order valence-corrected chi connectivity index (χ3v) is 7.31. The first-order valence-corrected chi connectivity index (χ1v) is 12.0. The standard InChI is InChI=1S/C29H29N3O3/c1-29(17-30)18-35-16-22-7-6-21(14-27(22)29)28(33)32-15-25-12-20(8-9-31-25)24-10-23(11-24)19-4-3-5-26(13-19)34-2/h3-9,12-14,23-24H,10-11,15-16,18H2,1-2H3,(H,32,33)/t23-,24-,29-/m1/s1. The minimum absolute atomic E-state index is 0.173. The lowest BCUT2D eigenvalue weighted by Crippen LogP contribution is -2.33. The molecule has 0 bridgehead atoms. The number of fused-ring (bicyclic) bond motifs is 1. The van der Waals surface area contributed by atoms with E-state index in [0.29, 0.717) is 37.2 Å². The molecule has 1 saturated carbocycles. The molecule has 1 atom stereocenters. The van der Waals surface area contributed by atoms with E-state index >= 15 is 0 Å². The van der Waals surface area contributed by atoms with Crippen LogP contribution in [0.3, 0.4) is 0 Å². The highest BCUT2D eigenvalue weighted by Gasteiger charge is 2.34. The fourth-order valence-corrected chi connectivity index (χ4v) is 5.07. The highest BCUT2D eigenvalue weighted by Crippen LogP contribution is 2.48. The maximum absolute atomic E-state index is 12.9. The average molecular weight is 468 g/mol. The zero-order valence-electron chi connectivity index (χ0n) is 20.1. The van der Waals surface area contributed by atoms with Gasteiger partial charge in [0.05, 0.1) is 38.6 Å². The van der Waals surface area contributed by atoms with E-state index in [1.165, 1.54) is 11.1 Å². The van der Waals surface area contributed by atoms with Crippen LogP contribution in [0.1, 0.15) is 69.9 Å². The van der Waals surface area contributed by atoms with Crippen molar-refractivity contribution in [3.05, 3.63) is 94.3 Å². The number of amides is 1. The molecule has 1 aliphatic heterocycles. The van der Waals surface area contributed by atoms with E-state index in [2.05, 4.69) is 40.6 Å². The van der Waals surface area contributed by atoms with Crippen LogP contribution in [0.4, 0.5) is 0 Å². The minimum Gasteiger partial charge on any atom is -0.497 e. The van der Waals surface area contributed by atoms with E-state index in [-0.39, 0.29) is 5.91 Å². The summed E-state index contributed by atoms with van der Waals surface area (Å²) in [6.07, 6.45) is 4.02. The molecule has 3 aromatic rings. The Labute approximate surface area is 205 Å². The van der Waals surface area contributed by atoms with Gasteiger partial charge >= 0.3 is 0 Å². The zero-order chi connectivity index (χ0) is 24.4. The van der Waals surface area contributed by atoms with Crippen molar-refractivity contribution < 1.29 is 14.3 Å². The van der Waals surface area contributed by atoms with Crippen LogP contribution in [0.2, 0.25) is 0 Å². The van der Waals surface area contributed by atoms with Gasteiger partial charge in [-0.05, 0) is 90.3 Å². The molecular formula is C29H29N3O3. The van der Waals surface area contributed by atoms with Crippen LogP contribution in [0.25, 0.3) is 0 Å². The molecular weight excluding hydrogens is 438 g/mol. The molecule has 1 fully saturated rings. The van der Waals surface area contributed by atoms with Crippen LogP contribution in [0, 0.1) is 11.3 Å². The highest BCUT2D eigenvalue weighted by atomic mass is 16.5. The van der Waals surface area contributed by atoms with Gasteiger partial charge in [0.25, 0.3) is 5.91 Å². The summed E-state index contributed by atoms with van der Waals surface area (Å²) in [5, 5.41) is 12.6. The summed E-state index contributed by atoms with van der Waals surface area (Å²) in [6.45, 7) is 3.00. The molecule has 1 aromatic heterocycles. The first kappa shape index (κ1) is 23.1. The van der Waals surface area contributed by atoms with Gasteiger partial charge in [-0.1, -0.05) is 18.2 Å². The van der Waals surface area contributed by atoms with Crippen molar-refractivity contribution in [3.8, 4) is 11.8 Å². The number of ether oxygens (including phenoxy) is 2. The lowest BCUT2D eigenvalue weighted by atomic mass is 9.68. The summed E-state index contributed by atoms with van der Waals surface area (Å²) in [5.41, 5.74) is 5.06. The normalized spacial score (nSPS) is 22.9. The Kier molecular flexibility index (Phi) is 6.27. The fraction of sp³-hybridized carbons (Fsp3) is 0.345. The van der Waals surface area contributed by atoms with Gasteiger partial charge in [-0.15, -0.1) is 0 Å². The number of nitriles is 1. The summed E-state index contributed by atoms with van der Waals surface area (Å²) in [7, 11) is 1.70. The van der Waals surface area contributed by atoms with Crippen molar-refractivity contribution in [1.29, 1.82) is 5.26 Å². The maximum atomic E-state index is 12.9. The predicted octanol–water partition coefficient (Wildman–Crippen LogP) is 4.99. The summed E-state index contributed by atoms with van der Waals surface area (Å²) in [4.78, 5) is 17.3. The van der Waals surface area contributed by atoms with Gasteiger partial charge in [-0.3, -0.25) is 9.78 Å². The lowest BCUT2D eigenvalue weighted by Gasteiger charge is -2.36. The molecule has 6 heteroatoms. The Bertz CT molecular complexity index is 1290. The molecule has 178 valence electrons. The van der Waals surface area contributed by atoms with Crippen molar-refractivity contribution in [2.75, 3.05) is 13.7 Å². The molecule has 0 saturated heterocycles. The molecule has 5 rings (SSSR count). The highest BCUT2D eigenvalue weighted by molar-refractivity contribution is 5.94. The lowest BCUT2D eigenvalue weighted by molar-refractivity contribution is 0.0757. The van der Waals surface area contributed by atoms with Gasteiger partial charge in [0.1, 0.15) is 11.2 Å². The SMILES string of the molecule is COc1cccc([C@H]2C[C@H](c3ccnc(CNC(=O)c4ccc5c(c4)[C@](C)(C#N)COC5)c3)C2)c1. The molecule has 6 nitrogen and oxygen atoms in total. The molecule has 2 heterocycles. The number of carbonyl (C=O) groups is 1. The summed E-state index contributed by atoms with van der Waals surface area (Å²) in [6, 6.07) is 20.3. The largest absolute Gasteiger partial charge is 0.497 e. The van der Waals surface area contributed by atoms with Crippen LogP contribution in [0.15, 0.2) is 60.8 Å². The van der Waals surface area contributed by atoms with E-state index in [1.54, 1.807) is 13.2 Å². The van der Waals surface area contributed by atoms with Crippen LogP contribution in [0.5, 0.6) is 5.75 Å². The number of pyridine rings is 1. The first-order valence-electron chi connectivity index (χ1n) is 12.0. The fourth-order valence-electron chi connectivity index (χ4n) is 5.07. The molecule has 1 amide bonds. The predicted molar refractivity (Wildman–Crippen MR) is 132 cm³/mol. The molecule has 2 aromatic carbocycles. The minimum atomic E-state index is -0.745.